The first-order valence-electron chi connectivity index (χ1n) is 25.3. The van der Waals surface area contributed by atoms with E-state index < -0.39 is 0 Å². The van der Waals surface area contributed by atoms with Gasteiger partial charge in [0.25, 0.3) is 0 Å². The molecule has 0 saturated heterocycles. The molecule has 0 unspecified atom stereocenters. The van der Waals surface area contributed by atoms with Gasteiger partial charge in [0, 0.05) is 54.7 Å². The molecule has 5 nitrogen and oxygen atoms in total. The van der Waals surface area contributed by atoms with E-state index in [1.165, 1.54) is 63.9 Å². The second kappa shape index (κ2) is 17.5. The van der Waals surface area contributed by atoms with Crippen molar-refractivity contribution >= 4 is 75.1 Å². The number of benzene rings is 11. The molecule has 350 valence electrons. The van der Waals surface area contributed by atoms with Gasteiger partial charge in [-0.3, -0.25) is 0 Å². The SMILES string of the molecule is c1ccc(-c2ccc(-c3nc(-c4cccc(-c5ccccc5)c4)nc(-c4ccccc4-n4c5ccccc5c5ccc6c7ccc8c9ccccc9n(-c9ccc(-c%10ccccc%10)cc9)c8c7sc6c54)n3)cc2)cc1. The van der Waals surface area contributed by atoms with Crippen molar-refractivity contribution in [3.8, 4) is 78.9 Å². The molecule has 0 fully saturated rings. The lowest BCUT2D eigenvalue weighted by Gasteiger charge is -2.15. The Morgan fingerprint density at radius 2 is 0.680 bits per heavy atom. The smallest absolute Gasteiger partial charge is 0.166 e. The van der Waals surface area contributed by atoms with E-state index in [0.29, 0.717) is 17.5 Å². The molecule has 4 heterocycles. The van der Waals surface area contributed by atoms with Gasteiger partial charge in [-0.05, 0) is 75.8 Å². The lowest BCUT2D eigenvalue weighted by Crippen LogP contribution is -2.03. The Morgan fingerprint density at radius 3 is 1.29 bits per heavy atom. The lowest BCUT2D eigenvalue weighted by atomic mass is 10.0. The van der Waals surface area contributed by atoms with Gasteiger partial charge in [0.1, 0.15) is 0 Å². The maximum absolute atomic E-state index is 5.41. The Hall–Kier alpha value is -9.75. The summed E-state index contributed by atoms with van der Waals surface area (Å²) in [6.45, 7) is 0. The summed E-state index contributed by atoms with van der Waals surface area (Å²) in [4.78, 5) is 16.1. The highest BCUT2D eigenvalue weighted by Gasteiger charge is 2.24. The standard InChI is InChI=1S/C69H43N5S/c1-4-17-44(18-5-1)47-31-33-49(34-32-47)67-70-68(51-24-16-23-50(43-51)46-21-8-3-9-22-46)72-69(71-67)59-27-12-15-30-62(59)74-61-29-14-11-26-54(61)56-40-42-58-57-41-39-55-53-25-10-13-28-60(53)73(63(55)65(57)75-66(58)64(56)74)52-37-35-48(36-38-52)45-19-6-2-7-20-45/h1-43H. The van der Waals surface area contributed by atoms with E-state index in [4.69, 9.17) is 15.0 Å². The molecule has 0 bridgehead atoms. The van der Waals surface area contributed by atoms with Crippen molar-refractivity contribution in [1.29, 1.82) is 0 Å². The molecular weight excluding hydrogens is 931 g/mol. The molecule has 0 radical (unpaired) electrons. The van der Waals surface area contributed by atoms with E-state index in [2.05, 4.69) is 258 Å². The summed E-state index contributed by atoms with van der Waals surface area (Å²) >= 11 is 1.89. The van der Waals surface area contributed by atoms with Crippen LogP contribution in [0.5, 0.6) is 0 Å². The highest BCUT2D eigenvalue weighted by atomic mass is 32.1. The van der Waals surface area contributed by atoms with Crippen LogP contribution < -0.4 is 0 Å². The third-order valence-electron chi connectivity index (χ3n) is 14.8. The molecule has 0 aliphatic rings. The number of para-hydroxylation sites is 3. The second-order valence-corrected chi connectivity index (χ2v) is 20.1. The fourth-order valence-electron chi connectivity index (χ4n) is 11.3. The quantitative estimate of drug-likeness (QED) is 0.152. The van der Waals surface area contributed by atoms with E-state index in [1.807, 2.05) is 23.5 Å². The molecule has 0 saturated carbocycles. The van der Waals surface area contributed by atoms with Gasteiger partial charge < -0.3 is 9.13 Å². The minimum absolute atomic E-state index is 0.599. The van der Waals surface area contributed by atoms with Crippen molar-refractivity contribution in [2.45, 2.75) is 0 Å². The van der Waals surface area contributed by atoms with Gasteiger partial charge in [0.15, 0.2) is 17.5 Å². The fourth-order valence-corrected chi connectivity index (χ4v) is 12.6. The van der Waals surface area contributed by atoms with Crippen LogP contribution in [0.3, 0.4) is 0 Å². The number of hydrogen-bond donors (Lipinski definition) is 0. The first-order chi connectivity index (χ1) is 37.2. The van der Waals surface area contributed by atoms with E-state index in [9.17, 15) is 0 Å². The first-order valence-corrected chi connectivity index (χ1v) is 26.2. The minimum atomic E-state index is 0.599. The van der Waals surface area contributed by atoms with Crippen LogP contribution in [0, 0.1) is 0 Å². The topological polar surface area (TPSA) is 48.5 Å². The zero-order chi connectivity index (χ0) is 49.4. The average Bonchev–Trinajstić information content (AvgIpc) is 4.17. The van der Waals surface area contributed by atoms with Gasteiger partial charge in [-0.2, -0.15) is 0 Å². The number of thiophene rings is 1. The molecule has 4 aromatic heterocycles. The predicted octanol–water partition coefficient (Wildman–Crippen LogP) is 18.4. The minimum Gasteiger partial charge on any atom is -0.308 e. The van der Waals surface area contributed by atoms with E-state index in [0.717, 1.165) is 61.4 Å². The van der Waals surface area contributed by atoms with Crippen LogP contribution in [0.4, 0.5) is 0 Å². The highest BCUT2D eigenvalue weighted by molar-refractivity contribution is 7.27. The van der Waals surface area contributed by atoms with Crippen molar-refractivity contribution in [3.63, 3.8) is 0 Å². The van der Waals surface area contributed by atoms with Crippen molar-refractivity contribution in [1.82, 2.24) is 24.1 Å². The molecule has 0 aliphatic carbocycles. The maximum atomic E-state index is 5.41. The second-order valence-electron chi connectivity index (χ2n) is 19.1. The third-order valence-corrected chi connectivity index (χ3v) is 16.0. The van der Waals surface area contributed by atoms with Crippen molar-refractivity contribution < 1.29 is 0 Å². The first kappa shape index (κ1) is 42.9. The summed E-state index contributed by atoms with van der Waals surface area (Å²) in [5.74, 6) is 1.82. The Morgan fingerprint density at radius 1 is 0.267 bits per heavy atom. The molecule has 15 aromatic rings. The third kappa shape index (κ3) is 7.10. The Kier molecular flexibility index (Phi) is 10.00. The lowest BCUT2D eigenvalue weighted by molar-refractivity contribution is 1.06. The van der Waals surface area contributed by atoms with Gasteiger partial charge in [-0.25, -0.2) is 15.0 Å². The van der Waals surface area contributed by atoms with Gasteiger partial charge >= 0.3 is 0 Å². The van der Waals surface area contributed by atoms with Crippen LogP contribution in [0.15, 0.2) is 261 Å². The summed E-state index contributed by atoms with van der Waals surface area (Å²) in [5.41, 5.74) is 16.5. The van der Waals surface area contributed by atoms with Crippen molar-refractivity contribution in [2.24, 2.45) is 0 Å². The largest absolute Gasteiger partial charge is 0.308 e. The van der Waals surface area contributed by atoms with Crippen LogP contribution in [-0.2, 0) is 0 Å². The molecule has 11 aromatic carbocycles. The van der Waals surface area contributed by atoms with Gasteiger partial charge in [0.05, 0.1) is 37.2 Å². The normalized spacial score (nSPS) is 11.7. The Balaban J connectivity index is 0.956. The fraction of sp³-hybridized carbons (Fsp3) is 0. The molecule has 0 N–H and O–H groups in total. The number of rotatable bonds is 8. The summed E-state index contributed by atoms with van der Waals surface area (Å²) in [6.07, 6.45) is 0. The van der Waals surface area contributed by atoms with Crippen molar-refractivity contribution in [3.05, 3.63) is 261 Å². The van der Waals surface area contributed by atoms with Crippen molar-refractivity contribution in [2.75, 3.05) is 0 Å². The van der Waals surface area contributed by atoms with Crippen LogP contribution >= 0.6 is 11.3 Å². The van der Waals surface area contributed by atoms with E-state index in [-0.39, 0.29) is 0 Å². The van der Waals surface area contributed by atoms with Gasteiger partial charge in [-0.15, -0.1) is 11.3 Å². The number of fused-ring (bicyclic) bond motifs is 11. The molecule has 6 heteroatoms. The zero-order valence-electron chi connectivity index (χ0n) is 40.5. The molecule has 0 spiro atoms. The summed E-state index contributed by atoms with van der Waals surface area (Å²) < 4.78 is 7.41. The van der Waals surface area contributed by atoms with Crippen LogP contribution in [0.2, 0.25) is 0 Å². The number of nitrogens with zero attached hydrogens (tertiary/aromatic N) is 5. The molecule has 75 heavy (non-hydrogen) atoms. The monoisotopic (exact) mass is 973 g/mol. The molecule has 15 rings (SSSR count). The van der Waals surface area contributed by atoms with E-state index in [1.54, 1.807) is 0 Å². The van der Waals surface area contributed by atoms with Crippen LogP contribution in [-0.4, -0.2) is 24.1 Å². The zero-order valence-corrected chi connectivity index (χ0v) is 41.3. The predicted molar refractivity (Wildman–Crippen MR) is 314 cm³/mol. The Labute approximate surface area is 436 Å². The van der Waals surface area contributed by atoms with Crippen LogP contribution in [0.25, 0.3) is 143 Å². The Bertz CT molecular complexity index is 4670. The number of hydrogen-bond acceptors (Lipinski definition) is 4. The molecule has 0 amide bonds. The molecule has 0 atom stereocenters. The van der Waals surface area contributed by atoms with Gasteiger partial charge in [-0.1, -0.05) is 218 Å². The van der Waals surface area contributed by atoms with E-state index >= 15 is 0 Å². The van der Waals surface area contributed by atoms with Gasteiger partial charge in [0.2, 0.25) is 0 Å². The molecule has 0 aliphatic heterocycles. The summed E-state index contributed by atoms with van der Waals surface area (Å²) in [5, 5.41) is 7.33. The number of aromatic nitrogens is 5. The molecular formula is C69H43N5S. The van der Waals surface area contributed by atoms with Crippen LogP contribution in [0.1, 0.15) is 0 Å². The highest BCUT2D eigenvalue weighted by Crippen LogP contribution is 2.48. The maximum Gasteiger partial charge on any atom is 0.166 e. The average molecular weight is 974 g/mol. The summed E-state index contributed by atoms with van der Waals surface area (Å²) in [7, 11) is 0. The summed E-state index contributed by atoms with van der Waals surface area (Å²) in [6, 6.07) is 93.2.